The zero-order chi connectivity index (χ0) is 29.8. The first kappa shape index (κ1) is 31.1. The largest absolute Gasteiger partial charge is 0.486 e. The first-order chi connectivity index (χ1) is 19.4. The molecular weight excluding hydrogens is 599 g/mol. The van der Waals surface area contributed by atoms with Gasteiger partial charge in [0.15, 0.2) is 0 Å². The van der Waals surface area contributed by atoms with Crippen molar-refractivity contribution in [2.45, 2.75) is 70.6 Å². The van der Waals surface area contributed by atoms with E-state index in [-0.39, 0.29) is 25.7 Å². The van der Waals surface area contributed by atoms with Crippen molar-refractivity contribution >= 4 is 42.9 Å². The second kappa shape index (κ2) is 12.6. The Morgan fingerprint density at radius 1 is 0.634 bits per heavy atom. The molecule has 0 bridgehead atoms. The summed E-state index contributed by atoms with van der Waals surface area (Å²) in [6, 6.07) is 25.7. The van der Waals surface area contributed by atoms with Gasteiger partial charge in [-0.1, -0.05) is 56.6 Å². The van der Waals surface area contributed by atoms with Gasteiger partial charge in [-0.25, -0.2) is 16.8 Å². The molecule has 0 aliphatic heterocycles. The molecule has 0 saturated heterocycles. The maximum absolute atomic E-state index is 13.2. The highest BCUT2D eigenvalue weighted by Gasteiger charge is 2.26. The summed E-state index contributed by atoms with van der Waals surface area (Å²) in [6.07, 6.45) is 1.74. The van der Waals surface area contributed by atoms with Crippen LogP contribution in [0.1, 0.15) is 57.3 Å². The lowest BCUT2D eigenvalue weighted by Crippen LogP contribution is -2.16. The van der Waals surface area contributed by atoms with Gasteiger partial charge in [0.25, 0.3) is 0 Å². The Labute approximate surface area is 252 Å². The van der Waals surface area contributed by atoms with Gasteiger partial charge in [0, 0.05) is 5.02 Å². The minimum atomic E-state index is -3.72. The SMILES string of the molecule is CCC(Oc1ccc(S(=O)(=O)c2ccc(C(Cl)(CC)CC)cc2)cc1)c1ccc(S(=O)(=O)c2ccc(Cl)cc2)cc1. The predicted octanol–water partition coefficient (Wildman–Crippen LogP) is 8.79. The van der Waals surface area contributed by atoms with Gasteiger partial charge in [-0.2, -0.15) is 0 Å². The number of sulfone groups is 2. The lowest BCUT2D eigenvalue weighted by molar-refractivity contribution is 0.201. The lowest BCUT2D eigenvalue weighted by Gasteiger charge is -2.24. The van der Waals surface area contributed by atoms with E-state index < -0.39 is 24.5 Å². The summed E-state index contributed by atoms with van der Waals surface area (Å²) < 4.78 is 58.6. The Bertz CT molecular complexity index is 1680. The van der Waals surface area contributed by atoms with Crippen LogP contribution < -0.4 is 4.74 Å². The van der Waals surface area contributed by atoms with Crippen LogP contribution in [-0.4, -0.2) is 16.8 Å². The number of ether oxygens (including phenoxy) is 1. The van der Waals surface area contributed by atoms with E-state index in [1.165, 1.54) is 24.3 Å². The van der Waals surface area contributed by atoms with Crippen molar-refractivity contribution in [1.29, 1.82) is 0 Å². The third-order valence-electron chi connectivity index (χ3n) is 7.27. The second-order valence-electron chi connectivity index (χ2n) is 9.71. The van der Waals surface area contributed by atoms with Gasteiger partial charge in [-0.15, -0.1) is 11.6 Å². The summed E-state index contributed by atoms with van der Waals surface area (Å²) in [5.74, 6) is 0.502. The van der Waals surface area contributed by atoms with Gasteiger partial charge in [0.2, 0.25) is 19.7 Å². The highest BCUT2D eigenvalue weighted by atomic mass is 35.5. The molecule has 1 atom stereocenters. The number of hydrogen-bond acceptors (Lipinski definition) is 5. The van der Waals surface area contributed by atoms with Gasteiger partial charge in [-0.05, 0) is 103 Å². The maximum Gasteiger partial charge on any atom is 0.206 e. The minimum absolute atomic E-state index is 0.158. The summed E-state index contributed by atoms with van der Waals surface area (Å²) in [5, 5.41) is 0.462. The highest BCUT2D eigenvalue weighted by Crippen LogP contribution is 2.37. The second-order valence-corrected chi connectivity index (χ2v) is 14.8. The van der Waals surface area contributed by atoms with Crippen LogP contribution in [0.5, 0.6) is 5.75 Å². The Kier molecular flexibility index (Phi) is 9.54. The Morgan fingerprint density at radius 3 is 1.44 bits per heavy atom. The zero-order valence-electron chi connectivity index (χ0n) is 23.0. The van der Waals surface area contributed by atoms with Gasteiger partial charge in [0.1, 0.15) is 11.9 Å². The van der Waals surface area contributed by atoms with E-state index in [0.717, 1.165) is 24.0 Å². The van der Waals surface area contributed by atoms with Crippen molar-refractivity contribution in [2.75, 3.05) is 0 Å². The molecule has 9 heteroatoms. The van der Waals surface area contributed by atoms with Crippen LogP contribution in [-0.2, 0) is 24.5 Å². The number of rotatable bonds is 11. The fourth-order valence-electron chi connectivity index (χ4n) is 4.59. The Balaban J connectivity index is 1.49. The molecule has 0 heterocycles. The standard InChI is InChI=1S/C32H32Cl2O5S2/c1-4-31(23-7-15-27(16-8-23)40(35,36)29-19-11-25(33)12-20-29)39-26-13-21-30(22-14-26)41(37,38)28-17-9-24(10-18-28)32(34,5-2)6-3/h7-22,31H,4-6H2,1-3H3. The number of hydrogen-bond donors (Lipinski definition) is 0. The van der Waals surface area contributed by atoms with Gasteiger partial charge < -0.3 is 4.74 Å². The van der Waals surface area contributed by atoms with E-state index in [9.17, 15) is 16.8 Å². The van der Waals surface area contributed by atoms with E-state index in [0.29, 0.717) is 17.2 Å². The third kappa shape index (κ3) is 6.64. The average molecular weight is 632 g/mol. The molecular formula is C32H32Cl2O5S2. The van der Waals surface area contributed by atoms with Crippen LogP contribution in [0, 0.1) is 0 Å². The molecule has 4 aromatic rings. The van der Waals surface area contributed by atoms with Gasteiger partial charge in [-0.3, -0.25) is 0 Å². The topological polar surface area (TPSA) is 77.5 Å². The molecule has 4 aromatic carbocycles. The first-order valence-corrected chi connectivity index (χ1v) is 17.1. The molecule has 41 heavy (non-hydrogen) atoms. The fourth-order valence-corrected chi connectivity index (χ4v) is 7.36. The minimum Gasteiger partial charge on any atom is -0.486 e. The molecule has 0 radical (unpaired) electrons. The van der Waals surface area contributed by atoms with Crippen molar-refractivity contribution in [3.05, 3.63) is 113 Å². The van der Waals surface area contributed by atoms with E-state index in [1.807, 2.05) is 20.8 Å². The molecule has 4 rings (SSSR count). The molecule has 1 unspecified atom stereocenters. The normalized spacial score (nSPS) is 13.1. The van der Waals surface area contributed by atoms with E-state index in [1.54, 1.807) is 72.8 Å². The molecule has 0 aromatic heterocycles. The lowest BCUT2D eigenvalue weighted by atomic mass is 9.93. The third-order valence-corrected chi connectivity index (χ3v) is 11.8. The molecule has 0 amide bonds. The van der Waals surface area contributed by atoms with Crippen molar-refractivity contribution in [3.8, 4) is 5.75 Å². The van der Waals surface area contributed by atoms with Crippen LogP contribution in [0.3, 0.4) is 0 Å². The molecule has 0 N–H and O–H groups in total. The summed E-state index contributed by atoms with van der Waals surface area (Å²) in [4.78, 5) is 0.175. The van der Waals surface area contributed by atoms with Crippen molar-refractivity contribution in [2.24, 2.45) is 0 Å². The molecule has 0 aliphatic rings. The highest BCUT2D eigenvalue weighted by molar-refractivity contribution is 7.91. The Hall–Kier alpha value is -2.84. The zero-order valence-corrected chi connectivity index (χ0v) is 26.2. The monoisotopic (exact) mass is 630 g/mol. The predicted molar refractivity (Wildman–Crippen MR) is 163 cm³/mol. The number of halogens is 2. The van der Waals surface area contributed by atoms with Crippen LogP contribution in [0.25, 0.3) is 0 Å². The van der Waals surface area contributed by atoms with Gasteiger partial charge in [0.05, 0.1) is 24.5 Å². The number of alkyl halides is 1. The summed E-state index contributed by atoms with van der Waals surface area (Å²) in [7, 11) is -7.41. The molecule has 0 fully saturated rings. The Morgan fingerprint density at radius 2 is 1.02 bits per heavy atom. The molecule has 5 nitrogen and oxygen atoms in total. The smallest absolute Gasteiger partial charge is 0.206 e. The van der Waals surface area contributed by atoms with E-state index >= 15 is 0 Å². The van der Waals surface area contributed by atoms with Gasteiger partial charge >= 0.3 is 0 Å². The van der Waals surface area contributed by atoms with Crippen molar-refractivity contribution in [3.63, 3.8) is 0 Å². The molecule has 0 saturated carbocycles. The van der Waals surface area contributed by atoms with Crippen LogP contribution in [0.4, 0.5) is 0 Å². The summed E-state index contributed by atoms with van der Waals surface area (Å²) in [6.45, 7) is 5.98. The molecule has 0 aliphatic carbocycles. The first-order valence-electron chi connectivity index (χ1n) is 13.4. The summed E-state index contributed by atoms with van der Waals surface area (Å²) in [5.41, 5.74) is 1.70. The average Bonchev–Trinajstić information content (AvgIpc) is 3.00. The van der Waals surface area contributed by atoms with Crippen LogP contribution >= 0.6 is 23.2 Å². The molecule has 0 spiro atoms. The number of benzene rings is 4. The quantitative estimate of drug-likeness (QED) is 0.155. The van der Waals surface area contributed by atoms with Crippen LogP contribution in [0.15, 0.2) is 117 Å². The fraction of sp³-hybridized carbons (Fsp3) is 0.250. The van der Waals surface area contributed by atoms with Crippen molar-refractivity contribution < 1.29 is 21.6 Å². The van der Waals surface area contributed by atoms with E-state index in [2.05, 4.69) is 0 Å². The van der Waals surface area contributed by atoms with E-state index in [4.69, 9.17) is 27.9 Å². The molecule has 216 valence electrons. The van der Waals surface area contributed by atoms with Crippen molar-refractivity contribution in [1.82, 2.24) is 0 Å². The maximum atomic E-state index is 13.2. The summed E-state index contributed by atoms with van der Waals surface area (Å²) >= 11 is 12.6. The van der Waals surface area contributed by atoms with Crippen LogP contribution in [0.2, 0.25) is 5.02 Å².